The highest BCUT2D eigenvalue weighted by atomic mass is 32.2. The summed E-state index contributed by atoms with van der Waals surface area (Å²) in [6, 6.07) is 1.62. The second kappa shape index (κ2) is 5.65. The van der Waals surface area contributed by atoms with Gasteiger partial charge in [0, 0.05) is 5.18 Å². The number of carbonyl (C=O) groups is 1. The molecule has 0 saturated heterocycles. The molecule has 0 spiro atoms. The summed E-state index contributed by atoms with van der Waals surface area (Å²) in [5.41, 5.74) is 1.08. The standard InChI is InChI=1S/C9H13N3O2S/c1-3-7-5-8(9(13)11-14)12(10-7)6-15-4-2/h5H,3-4,6H2,1-2H3. The Labute approximate surface area is 92.2 Å². The molecule has 0 aliphatic heterocycles. The third-order valence-corrected chi connectivity index (χ3v) is 2.75. The van der Waals surface area contributed by atoms with Crippen LogP contribution in [0.3, 0.4) is 0 Å². The van der Waals surface area contributed by atoms with Gasteiger partial charge in [-0.05, 0) is 18.2 Å². The molecule has 0 aromatic carbocycles. The zero-order valence-corrected chi connectivity index (χ0v) is 9.58. The molecule has 6 heteroatoms. The van der Waals surface area contributed by atoms with Gasteiger partial charge in [0.25, 0.3) is 0 Å². The van der Waals surface area contributed by atoms with Crippen LogP contribution in [0, 0.1) is 4.91 Å². The molecular formula is C9H13N3O2S. The Morgan fingerprint density at radius 2 is 2.33 bits per heavy atom. The van der Waals surface area contributed by atoms with Gasteiger partial charge >= 0.3 is 5.91 Å². The lowest BCUT2D eigenvalue weighted by atomic mass is 10.3. The van der Waals surface area contributed by atoms with E-state index in [0.29, 0.717) is 5.88 Å². The Hall–Kier alpha value is -1.17. The van der Waals surface area contributed by atoms with Gasteiger partial charge in [-0.1, -0.05) is 13.8 Å². The first kappa shape index (κ1) is 11.9. The van der Waals surface area contributed by atoms with Crippen molar-refractivity contribution in [2.75, 3.05) is 5.75 Å². The predicted molar refractivity (Wildman–Crippen MR) is 59.9 cm³/mol. The molecule has 0 unspecified atom stereocenters. The van der Waals surface area contributed by atoms with Crippen LogP contribution >= 0.6 is 11.8 Å². The molecule has 0 bridgehead atoms. The maximum Gasteiger partial charge on any atom is 0.334 e. The van der Waals surface area contributed by atoms with Gasteiger partial charge < -0.3 is 0 Å². The van der Waals surface area contributed by atoms with Crippen LogP contribution in [0.2, 0.25) is 0 Å². The van der Waals surface area contributed by atoms with E-state index < -0.39 is 5.91 Å². The smallest absolute Gasteiger partial charge is 0.261 e. The van der Waals surface area contributed by atoms with Crippen molar-refractivity contribution in [2.24, 2.45) is 5.18 Å². The van der Waals surface area contributed by atoms with Crippen LogP contribution in [0.15, 0.2) is 11.2 Å². The summed E-state index contributed by atoms with van der Waals surface area (Å²) < 4.78 is 1.54. The maximum atomic E-state index is 11.2. The number of aryl methyl sites for hydroxylation is 1. The molecule has 1 aromatic rings. The zero-order valence-electron chi connectivity index (χ0n) is 8.77. The second-order valence-electron chi connectivity index (χ2n) is 2.89. The summed E-state index contributed by atoms with van der Waals surface area (Å²) in [6.45, 7) is 3.97. The third kappa shape index (κ3) is 2.89. The molecular weight excluding hydrogens is 214 g/mol. The quantitative estimate of drug-likeness (QED) is 0.722. The van der Waals surface area contributed by atoms with Gasteiger partial charge in [0.05, 0.1) is 11.6 Å². The molecule has 0 saturated carbocycles. The van der Waals surface area contributed by atoms with Gasteiger partial charge in [-0.2, -0.15) is 5.10 Å². The number of aromatic nitrogens is 2. The summed E-state index contributed by atoms with van der Waals surface area (Å²) in [6.07, 6.45) is 0.739. The molecule has 0 N–H and O–H groups in total. The fraction of sp³-hybridized carbons (Fsp3) is 0.556. The van der Waals surface area contributed by atoms with Gasteiger partial charge in [0.15, 0.2) is 0 Å². The van der Waals surface area contributed by atoms with Crippen molar-refractivity contribution < 1.29 is 4.79 Å². The number of hydrogen-bond donors (Lipinski definition) is 0. The van der Waals surface area contributed by atoms with E-state index in [0.717, 1.165) is 17.9 Å². The van der Waals surface area contributed by atoms with Crippen LogP contribution in [-0.2, 0) is 12.3 Å². The van der Waals surface area contributed by atoms with Gasteiger partial charge in [-0.15, -0.1) is 16.7 Å². The molecule has 1 amide bonds. The maximum absolute atomic E-state index is 11.2. The summed E-state index contributed by atoms with van der Waals surface area (Å²) in [5, 5.41) is 6.63. The molecule has 0 radical (unpaired) electrons. The molecule has 0 fully saturated rings. The molecule has 1 rings (SSSR count). The van der Waals surface area contributed by atoms with Crippen molar-refractivity contribution in [3.8, 4) is 0 Å². The highest BCUT2D eigenvalue weighted by Gasteiger charge is 2.14. The van der Waals surface area contributed by atoms with Crippen LogP contribution < -0.4 is 0 Å². The molecule has 0 aliphatic rings. The average Bonchev–Trinajstić information content (AvgIpc) is 2.68. The number of amides is 1. The van der Waals surface area contributed by atoms with Crippen molar-refractivity contribution in [3.05, 3.63) is 22.4 Å². The molecule has 0 aliphatic carbocycles. The van der Waals surface area contributed by atoms with E-state index in [9.17, 15) is 9.70 Å². The minimum atomic E-state index is -0.751. The zero-order chi connectivity index (χ0) is 11.3. The fourth-order valence-electron chi connectivity index (χ4n) is 1.14. The summed E-state index contributed by atoms with van der Waals surface area (Å²) in [7, 11) is 0. The van der Waals surface area contributed by atoms with Crippen molar-refractivity contribution in [3.63, 3.8) is 0 Å². The Bertz CT molecular complexity index is 362. The Kier molecular flexibility index (Phi) is 4.48. The molecule has 0 atom stereocenters. The van der Waals surface area contributed by atoms with Gasteiger partial charge in [-0.25, -0.2) is 4.68 Å². The SMILES string of the molecule is CCSCn1nc(CC)cc1C(=O)N=O. The average molecular weight is 227 g/mol. The van der Waals surface area contributed by atoms with Gasteiger partial charge in [-0.3, -0.25) is 4.79 Å². The van der Waals surface area contributed by atoms with Crippen molar-refractivity contribution in [1.29, 1.82) is 0 Å². The highest BCUT2D eigenvalue weighted by Crippen LogP contribution is 2.11. The summed E-state index contributed by atoms with van der Waals surface area (Å²) in [4.78, 5) is 21.4. The topological polar surface area (TPSA) is 64.3 Å². The van der Waals surface area contributed by atoms with Crippen molar-refractivity contribution in [1.82, 2.24) is 9.78 Å². The van der Waals surface area contributed by atoms with Crippen LogP contribution in [0.1, 0.15) is 30.0 Å². The molecule has 1 aromatic heterocycles. The van der Waals surface area contributed by atoms with Crippen LogP contribution in [-0.4, -0.2) is 21.4 Å². The van der Waals surface area contributed by atoms with E-state index in [1.54, 1.807) is 17.8 Å². The van der Waals surface area contributed by atoms with E-state index >= 15 is 0 Å². The fourth-order valence-corrected chi connectivity index (χ4v) is 1.69. The number of thioether (sulfide) groups is 1. The highest BCUT2D eigenvalue weighted by molar-refractivity contribution is 7.98. The summed E-state index contributed by atoms with van der Waals surface area (Å²) >= 11 is 1.63. The number of rotatable bonds is 5. The Morgan fingerprint density at radius 1 is 1.60 bits per heavy atom. The van der Waals surface area contributed by atoms with E-state index in [1.165, 1.54) is 4.68 Å². The van der Waals surface area contributed by atoms with E-state index in [2.05, 4.69) is 10.3 Å². The van der Waals surface area contributed by atoms with E-state index in [1.807, 2.05) is 13.8 Å². The molecule has 5 nitrogen and oxygen atoms in total. The monoisotopic (exact) mass is 227 g/mol. The molecule has 15 heavy (non-hydrogen) atoms. The Balaban J connectivity index is 2.94. The number of nitrogens with zero attached hydrogens (tertiary/aromatic N) is 3. The minimum Gasteiger partial charge on any atom is -0.261 e. The van der Waals surface area contributed by atoms with Crippen LogP contribution in [0.25, 0.3) is 0 Å². The lowest BCUT2D eigenvalue weighted by molar-refractivity contribution is 0.0991. The van der Waals surface area contributed by atoms with Crippen molar-refractivity contribution in [2.45, 2.75) is 26.1 Å². The van der Waals surface area contributed by atoms with Crippen LogP contribution in [0.4, 0.5) is 0 Å². The first-order valence-electron chi connectivity index (χ1n) is 4.75. The van der Waals surface area contributed by atoms with E-state index in [-0.39, 0.29) is 5.69 Å². The largest absolute Gasteiger partial charge is 0.334 e. The first-order valence-corrected chi connectivity index (χ1v) is 5.90. The second-order valence-corrected chi connectivity index (χ2v) is 4.14. The van der Waals surface area contributed by atoms with Gasteiger partial charge in [0.1, 0.15) is 5.69 Å². The molecule has 82 valence electrons. The molecule has 1 heterocycles. The van der Waals surface area contributed by atoms with Crippen LogP contribution in [0.5, 0.6) is 0 Å². The summed E-state index contributed by atoms with van der Waals surface area (Å²) in [5.74, 6) is 0.759. The first-order chi connectivity index (χ1) is 7.22. The van der Waals surface area contributed by atoms with Crippen molar-refractivity contribution >= 4 is 17.7 Å². The predicted octanol–water partition coefficient (Wildman–Crippen LogP) is 2.06. The lowest BCUT2D eigenvalue weighted by Gasteiger charge is -2.01. The van der Waals surface area contributed by atoms with E-state index in [4.69, 9.17) is 0 Å². The Morgan fingerprint density at radius 3 is 2.87 bits per heavy atom. The number of nitroso groups, excluding NO2 is 1. The third-order valence-electron chi connectivity index (χ3n) is 1.91. The lowest BCUT2D eigenvalue weighted by Crippen LogP contribution is -2.07. The van der Waals surface area contributed by atoms with Gasteiger partial charge in [0.2, 0.25) is 0 Å². The number of hydrogen-bond acceptors (Lipinski definition) is 4. The normalized spacial score (nSPS) is 10.3. The minimum absolute atomic E-state index is 0.280. The number of carbonyl (C=O) groups excluding carboxylic acids is 1.